The molecule has 0 aliphatic heterocycles. The van der Waals surface area contributed by atoms with Crippen molar-refractivity contribution in [2.45, 2.75) is 6.92 Å². The Kier molecular flexibility index (Phi) is 3.99. The van der Waals surface area contributed by atoms with Crippen LogP contribution in [0.5, 0.6) is 0 Å². The lowest BCUT2D eigenvalue weighted by Gasteiger charge is -2.13. The highest BCUT2D eigenvalue weighted by Gasteiger charge is 2.11. The van der Waals surface area contributed by atoms with E-state index < -0.39 is 0 Å². The van der Waals surface area contributed by atoms with Gasteiger partial charge in [-0.05, 0) is 36.6 Å². The van der Waals surface area contributed by atoms with Gasteiger partial charge in [0, 0.05) is 22.0 Å². The van der Waals surface area contributed by atoms with Crippen LogP contribution in [0.15, 0.2) is 91.0 Å². The topological polar surface area (TPSA) is 37.8 Å². The van der Waals surface area contributed by atoms with E-state index >= 15 is 0 Å². The molecule has 3 nitrogen and oxygen atoms in total. The van der Waals surface area contributed by atoms with Crippen molar-refractivity contribution in [3.05, 3.63) is 96.6 Å². The standard InChI is InChI=1S/C25H19N3/c1-17-8-6-11-19(16-17)24-26-23-14-5-4-13-21(23)25(28-24)27-22-15-7-10-18-9-2-3-12-20(18)22/h2-16H,1H3,(H,26,27,28). The SMILES string of the molecule is Cc1cccc(-c2nc(Nc3cccc4ccccc34)c3ccccc3n2)c1. The van der Waals surface area contributed by atoms with E-state index in [2.05, 4.69) is 79.0 Å². The van der Waals surface area contributed by atoms with Crippen LogP contribution in [0.4, 0.5) is 11.5 Å². The molecule has 0 atom stereocenters. The first-order chi connectivity index (χ1) is 13.8. The van der Waals surface area contributed by atoms with Crippen LogP contribution in [-0.4, -0.2) is 9.97 Å². The maximum atomic E-state index is 4.89. The normalized spacial score (nSPS) is 11.0. The second kappa shape index (κ2) is 6.78. The fourth-order valence-electron chi connectivity index (χ4n) is 3.55. The van der Waals surface area contributed by atoms with Crippen LogP contribution in [0.2, 0.25) is 0 Å². The minimum atomic E-state index is 0.727. The van der Waals surface area contributed by atoms with Crippen molar-refractivity contribution < 1.29 is 0 Å². The second-order valence-electron chi connectivity index (χ2n) is 6.93. The van der Waals surface area contributed by atoms with E-state index in [1.165, 1.54) is 16.3 Å². The molecule has 134 valence electrons. The first-order valence-corrected chi connectivity index (χ1v) is 9.36. The summed E-state index contributed by atoms with van der Waals surface area (Å²) in [7, 11) is 0. The highest BCUT2D eigenvalue weighted by Crippen LogP contribution is 2.30. The van der Waals surface area contributed by atoms with Crippen molar-refractivity contribution >= 4 is 33.2 Å². The third-order valence-electron chi connectivity index (χ3n) is 4.92. The van der Waals surface area contributed by atoms with Gasteiger partial charge in [-0.2, -0.15) is 0 Å². The highest BCUT2D eigenvalue weighted by atomic mass is 15.0. The Hall–Kier alpha value is -3.72. The summed E-state index contributed by atoms with van der Waals surface area (Å²) in [6.07, 6.45) is 0. The lowest BCUT2D eigenvalue weighted by molar-refractivity contribution is 1.22. The average molecular weight is 361 g/mol. The molecule has 0 aliphatic rings. The Balaban J connectivity index is 1.70. The molecule has 1 heterocycles. The molecule has 0 unspecified atom stereocenters. The zero-order valence-corrected chi connectivity index (χ0v) is 15.6. The number of benzene rings is 4. The van der Waals surface area contributed by atoms with E-state index in [-0.39, 0.29) is 0 Å². The first kappa shape index (κ1) is 16.5. The van der Waals surface area contributed by atoms with Crippen molar-refractivity contribution in [1.29, 1.82) is 0 Å². The number of aryl methyl sites for hydroxylation is 1. The second-order valence-corrected chi connectivity index (χ2v) is 6.93. The van der Waals surface area contributed by atoms with E-state index in [1.54, 1.807) is 0 Å². The predicted octanol–water partition coefficient (Wildman–Crippen LogP) is 6.50. The van der Waals surface area contributed by atoms with Gasteiger partial charge in [-0.1, -0.05) is 72.3 Å². The highest BCUT2D eigenvalue weighted by molar-refractivity contribution is 5.99. The molecule has 4 aromatic carbocycles. The molecule has 0 amide bonds. The molecule has 5 aromatic rings. The molecule has 1 aromatic heterocycles. The number of rotatable bonds is 3. The van der Waals surface area contributed by atoms with E-state index in [0.29, 0.717) is 0 Å². The molecule has 0 saturated carbocycles. The van der Waals surface area contributed by atoms with Gasteiger partial charge in [-0.15, -0.1) is 0 Å². The predicted molar refractivity (Wildman–Crippen MR) is 117 cm³/mol. The molecule has 0 spiro atoms. The minimum absolute atomic E-state index is 0.727. The summed E-state index contributed by atoms with van der Waals surface area (Å²) >= 11 is 0. The number of hydrogen-bond acceptors (Lipinski definition) is 3. The van der Waals surface area contributed by atoms with Crippen molar-refractivity contribution in [2.75, 3.05) is 5.32 Å². The van der Waals surface area contributed by atoms with Gasteiger partial charge in [-0.3, -0.25) is 0 Å². The molecule has 3 heteroatoms. The van der Waals surface area contributed by atoms with E-state index in [0.717, 1.165) is 33.8 Å². The van der Waals surface area contributed by atoms with Crippen LogP contribution in [0.25, 0.3) is 33.1 Å². The van der Waals surface area contributed by atoms with Gasteiger partial charge in [0.1, 0.15) is 5.82 Å². The van der Waals surface area contributed by atoms with Crippen molar-refractivity contribution in [2.24, 2.45) is 0 Å². The third-order valence-corrected chi connectivity index (χ3v) is 4.92. The Labute approximate surface area is 163 Å². The van der Waals surface area contributed by atoms with E-state index in [1.807, 2.05) is 24.3 Å². The van der Waals surface area contributed by atoms with Crippen LogP contribution >= 0.6 is 0 Å². The molecule has 0 saturated heterocycles. The van der Waals surface area contributed by atoms with Gasteiger partial charge in [0.15, 0.2) is 5.82 Å². The molecular weight excluding hydrogens is 342 g/mol. The Bertz CT molecular complexity index is 1300. The molecule has 1 N–H and O–H groups in total. The number of aromatic nitrogens is 2. The molecule has 0 fully saturated rings. The summed E-state index contributed by atoms with van der Waals surface area (Å²) in [5, 5.41) is 6.94. The molecule has 5 rings (SSSR count). The summed E-state index contributed by atoms with van der Waals surface area (Å²) in [5.41, 5.74) is 4.18. The molecule has 28 heavy (non-hydrogen) atoms. The summed E-state index contributed by atoms with van der Waals surface area (Å²) in [5.74, 6) is 1.54. The smallest absolute Gasteiger partial charge is 0.162 e. The molecular formula is C25H19N3. The fourth-order valence-corrected chi connectivity index (χ4v) is 3.55. The number of fused-ring (bicyclic) bond motifs is 2. The number of anilines is 2. The summed E-state index contributed by atoms with van der Waals surface area (Å²) in [6, 6.07) is 31.1. The van der Waals surface area contributed by atoms with Crippen molar-refractivity contribution in [1.82, 2.24) is 9.97 Å². The summed E-state index contributed by atoms with van der Waals surface area (Å²) in [6.45, 7) is 2.08. The molecule has 0 radical (unpaired) electrons. The van der Waals surface area contributed by atoms with Crippen LogP contribution in [0, 0.1) is 6.92 Å². The molecule has 0 aliphatic carbocycles. The Morgan fingerprint density at radius 1 is 0.679 bits per heavy atom. The summed E-state index contributed by atoms with van der Waals surface area (Å²) in [4.78, 5) is 9.69. The van der Waals surface area contributed by atoms with Gasteiger partial charge < -0.3 is 5.32 Å². The first-order valence-electron chi connectivity index (χ1n) is 9.36. The maximum Gasteiger partial charge on any atom is 0.162 e. The summed E-state index contributed by atoms with van der Waals surface area (Å²) < 4.78 is 0. The number of nitrogens with one attached hydrogen (secondary N) is 1. The van der Waals surface area contributed by atoms with Crippen LogP contribution in [-0.2, 0) is 0 Å². The minimum Gasteiger partial charge on any atom is -0.339 e. The van der Waals surface area contributed by atoms with E-state index in [4.69, 9.17) is 9.97 Å². The van der Waals surface area contributed by atoms with E-state index in [9.17, 15) is 0 Å². The number of nitrogens with zero attached hydrogens (tertiary/aromatic N) is 2. The van der Waals surface area contributed by atoms with Crippen LogP contribution in [0.3, 0.4) is 0 Å². The molecule has 0 bridgehead atoms. The van der Waals surface area contributed by atoms with Gasteiger partial charge >= 0.3 is 0 Å². The van der Waals surface area contributed by atoms with Crippen molar-refractivity contribution in [3.63, 3.8) is 0 Å². The number of para-hydroxylation sites is 1. The average Bonchev–Trinajstić information content (AvgIpc) is 2.74. The zero-order chi connectivity index (χ0) is 18.9. The van der Waals surface area contributed by atoms with Crippen LogP contribution in [0.1, 0.15) is 5.56 Å². The quantitative estimate of drug-likeness (QED) is 0.398. The Morgan fingerprint density at radius 2 is 1.43 bits per heavy atom. The largest absolute Gasteiger partial charge is 0.339 e. The number of hydrogen-bond donors (Lipinski definition) is 1. The fraction of sp³-hybridized carbons (Fsp3) is 0.0400. The third kappa shape index (κ3) is 2.97. The monoisotopic (exact) mass is 361 g/mol. The van der Waals surface area contributed by atoms with Gasteiger partial charge in [0.25, 0.3) is 0 Å². The lowest BCUT2D eigenvalue weighted by Crippen LogP contribution is -2.00. The van der Waals surface area contributed by atoms with Crippen LogP contribution < -0.4 is 5.32 Å². The van der Waals surface area contributed by atoms with Crippen molar-refractivity contribution in [3.8, 4) is 11.4 Å². The van der Waals surface area contributed by atoms with Gasteiger partial charge in [0.05, 0.1) is 5.52 Å². The zero-order valence-electron chi connectivity index (χ0n) is 15.6. The maximum absolute atomic E-state index is 4.89. The van der Waals surface area contributed by atoms with Gasteiger partial charge in [-0.25, -0.2) is 9.97 Å². The Morgan fingerprint density at radius 3 is 2.32 bits per heavy atom. The lowest BCUT2D eigenvalue weighted by atomic mass is 10.1. The van der Waals surface area contributed by atoms with Gasteiger partial charge in [0.2, 0.25) is 0 Å².